The van der Waals surface area contributed by atoms with Crippen LogP contribution in [0.25, 0.3) is 0 Å². The summed E-state index contributed by atoms with van der Waals surface area (Å²) in [6.07, 6.45) is -0.507. The normalized spacial score (nSPS) is 15.4. The highest BCUT2D eigenvalue weighted by Gasteiger charge is 2.27. The molecule has 156 valence electrons. The maximum atomic E-state index is 13.0. The first-order valence-corrected chi connectivity index (χ1v) is 10.3. The minimum absolute atomic E-state index is 0.0425. The van der Waals surface area contributed by atoms with E-state index in [1.807, 2.05) is 43.0 Å². The van der Waals surface area contributed by atoms with Crippen molar-refractivity contribution in [1.29, 1.82) is 0 Å². The standard InChI is InChI=1S/C24H32N2O3/c1-17(2)20-11-10-18(3)16-23(20)29-19(4)24(27)26-14-12-25(13-15-26)21-8-6-7-9-22(21)28-5/h6-11,16-17,19H,12-15H2,1-5H3/t19-/m1/s1. The highest BCUT2D eigenvalue weighted by Crippen LogP contribution is 2.30. The average molecular weight is 397 g/mol. The number of para-hydroxylation sites is 2. The van der Waals surface area contributed by atoms with Crippen molar-refractivity contribution in [2.45, 2.75) is 39.7 Å². The van der Waals surface area contributed by atoms with E-state index in [-0.39, 0.29) is 5.91 Å². The summed E-state index contributed by atoms with van der Waals surface area (Å²) in [6.45, 7) is 11.1. The topological polar surface area (TPSA) is 42.0 Å². The monoisotopic (exact) mass is 396 g/mol. The van der Waals surface area contributed by atoms with Gasteiger partial charge in [-0.05, 0) is 49.1 Å². The zero-order chi connectivity index (χ0) is 21.0. The number of anilines is 1. The SMILES string of the molecule is COc1ccccc1N1CCN(C(=O)[C@@H](C)Oc2cc(C)ccc2C(C)C)CC1. The van der Waals surface area contributed by atoms with Gasteiger partial charge in [0.25, 0.3) is 5.91 Å². The number of ether oxygens (including phenoxy) is 2. The van der Waals surface area contributed by atoms with Crippen LogP contribution in [0.2, 0.25) is 0 Å². The molecule has 2 aromatic carbocycles. The fraction of sp³-hybridized carbons (Fsp3) is 0.458. The first kappa shape index (κ1) is 21.0. The van der Waals surface area contributed by atoms with Crippen LogP contribution in [0.15, 0.2) is 42.5 Å². The zero-order valence-corrected chi connectivity index (χ0v) is 18.1. The number of benzene rings is 2. The van der Waals surface area contributed by atoms with Crippen LogP contribution in [0.1, 0.15) is 37.8 Å². The third-order valence-corrected chi connectivity index (χ3v) is 5.46. The predicted octanol–water partition coefficient (Wildman–Crippen LogP) is 4.24. The van der Waals surface area contributed by atoms with Crippen molar-refractivity contribution >= 4 is 11.6 Å². The molecule has 0 radical (unpaired) electrons. The first-order chi connectivity index (χ1) is 13.9. The molecule has 1 amide bonds. The van der Waals surface area contributed by atoms with E-state index in [0.29, 0.717) is 19.0 Å². The Labute approximate surface area is 174 Å². The fourth-order valence-electron chi connectivity index (χ4n) is 3.78. The summed E-state index contributed by atoms with van der Waals surface area (Å²) < 4.78 is 11.6. The van der Waals surface area contributed by atoms with Crippen molar-refractivity contribution in [3.05, 3.63) is 53.6 Å². The van der Waals surface area contributed by atoms with E-state index in [4.69, 9.17) is 9.47 Å². The summed E-state index contributed by atoms with van der Waals surface area (Å²) >= 11 is 0. The quantitative estimate of drug-likeness (QED) is 0.732. The number of carbonyl (C=O) groups is 1. The maximum absolute atomic E-state index is 13.0. The lowest BCUT2D eigenvalue weighted by Crippen LogP contribution is -2.52. The van der Waals surface area contributed by atoms with Crippen molar-refractivity contribution in [3.8, 4) is 11.5 Å². The summed E-state index contributed by atoms with van der Waals surface area (Å²) in [6, 6.07) is 14.2. The molecule has 0 bridgehead atoms. The van der Waals surface area contributed by atoms with Gasteiger partial charge in [-0.1, -0.05) is 38.1 Å². The molecule has 1 saturated heterocycles. The van der Waals surface area contributed by atoms with E-state index in [9.17, 15) is 4.79 Å². The van der Waals surface area contributed by atoms with E-state index >= 15 is 0 Å². The van der Waals surface area contributed by atoms with E-state index < -0.39 is 6.10 Å². The second-order valence-corrected chi connectivity index (χ2v) is 7.94. The van der Waals surface area contributed by atoms with Gasteiger partial charge in [-0.2, -0.15) is 0 Å². The van der Waals surface area contributed by atoms with Gasteiger partial charge in [0.2, 0.25) is 0 Å². The van der Waals surface area contributed by atoms with Crippen molar-refractivity contribution < 1.29 is 14.3 Å². The number of hydrogen-bond acceptors (Lipinski definition) is 4. The lowest BCUT2D eigenvalue weighted by molar-refractivity contribution is -0.138. The number of rotatable bonds is 6. The van der Waals surface area contributed by atoms with Gasteiger partial charge in [0.15, 0.2) is 6.10 Å². The molecular formula is C24H32N2O3. The van der Waals surface area contributed by atoms with E-state index in [1.165, 1.54) is 0 Å². The molecule has 0 aliphatic carbocycles. The van der Waals surface area contributed by atoms with Crippen molar-refractivity contribution in [3.63, 3.8) is 0 Å². The molecule has 0 N–H and O–H groups in total. The summed E-state index contributed by atoms with van der Waals surface area (Å²) in [7, 11) is 1.69. The first-order valence-electron chi connectivity index (χ1n) is 10.3. The molecule has 1 atom stereocenters. The van der Waals surface area contributed by atoms with Crippen LogP contribution in [0.4, 0.5) is 5.69 Å². The number of carbonyl (C=O) groups excluding carboxylic acids is 1. The molecule has 0 aromatic heterocycles. The van der Waals surface area contributed by atoms with Gasteiger partial charge >= 0.3 is 0 Å². The van der Waals surface area contributed by atoms with Gasteiger partial charge in [0.05, 0.1) is 12.8 Å². The smallest absolute Gasteiger partial charge is 0.263 e. The van der Waals surface area contributed by atoms with Crippen LogP contribution in [0, 0.1) is 6.92 Å². The third-order valence-electron chi connectivity index (χ3n) is 5.46. The number of hydrogen-bond donors (Lipinski definition) is 0. The number of piperazine rings is 1. The van der Waals surface area contributed by atoms with Gasteiger partial charge < -0.3 is 19.3 Å². The molecule has 1 heterocycles. The Morgan fingerprint density at radius 1 is 0.966 bits per heavy atom. The van der Waals surface area contributed by atoms with Gasteiger partial charge in [-0.3, -0.25) is 4.79 Å². The summed E-state index contributed by atoms with van der Waals surface area (Å²) in [5.41, 5.74) is 3.35. The number of methoxy groups -OCH3 is 1. The number of amides is 1. The Kier molecular flexibility index (Phi) is 6.68. The summed E-state index contributed by atoms with van der Waals surface area (Å²) in [5.74, 6) is 2.07. The van der Waals surface area contributed by atoms with Crippen molar-refractivity contribution in [2.75, 3.05) is 38.2 Å². The Bertz CT molecular complexity index is 842. The Morgan fingerprint density at radius 2 is 1.66 bits per heavy atom. The van der Waals surface area contributed by atoms with E-state index in [2.05, 4.69) is 36.9 Å². The zero-order valence-electron chi connectivity index (χ0n) is 18.1. The number of aryl methyl sites for hydroxylation is 1. The molecule has 1 aliphatic heterocycles. The second-order valence-electron chi connectivity index (χ2n) is 7.94. The third kappa shape index (κ3) is 4.84. The lowest BCUT2D eigenvalue weighted by Gasteiger charge is -2.37. The van der Waals surface area contributed by atoms with Crippen molar-refractivity contribution in [1.82, 2.24) is 4.90 Å². The molecule has 29 heavy (non-hydrogen) atoms. The maximum Gasteiger partial charge on any atom is 0.263 e. The molecule has 1 fully saturated rings. The summed E-state index contributed by atoms with van der Waals surface area (Å²) in [5, 5.41) is 0. The molecular weight excluding hydrogens is 364 g/mol. The lowest BCUT2D eigenvalue weighted by atomic mass is 10.0. The Morgan fingerprint density at radius 3 is 2.31 bits per heavy atom. The molecule has 3 rings (SSSR count). The minimum atomic E-state index is -0.507. The van der Waals surface area contributed by atoms with E-state index in [1.54, 1.807) is 7.11 Å². The molecule has 1 aliphatic rings. The molecule has 5 heteroatoms. The van der Waals surface area contributed by atoms with Gasteiger partial charge in [0.1, 0.15) is 11.5 Å². The number of nitrogens with zero attached hydrogens (tertiary/aromatic N) is 2. The van der Waals surface area contributed by atoms with Crippen LogP contribution in [-0.4, -0.2) is 50.2 Å². The fourth-order valence-corrected chi connectivity index (χ4v) is 3.78. The Balaban J connectivity index is 1.63. The highest BCUT2D eigenvalue weighted by atomic mass is 16.5. The summed E-state index contributed by atoms with van der Waals surface area (Å²) in [4.78, 5) is 17.2. The van der Waals surface area contributed by atoms with Crippen LogP contribution in [0.3, 0.4) is 0 Å². The molecule has 0 unspecified atom stereocenters. The molecule has 2 aromatic rings. The largest absolute Gasteiger partial charge is 0.495 e. The Hall–Kier alpha value is -2.69. The van der Waals surface area contributed by atoms with Crippen LogP contribution in [-0.2, 0) is 4.79 Å². The highest BCUT2D eigenvalue weighted by molar-refractivity contribution is 5.81. The van der Waals surface area contributed by atoms with Crippen LogP contribution < -0.4 is 14.4 Å². The molecule has 0 saturated carbocycles. The molecule has 5 nitrogen and oxygen atoms in total. The van der Waals surface area contributed by atoms with Crippen molar-refractivity contribution in [2.24, 2.45) is 0 Å². The average Bonchev–Trinajstić information content (AvgIpc) is 2.73. The van der Waals surface area contributed by atoms with Gasteiger partial charge in [-0.25, -0.2) is 0 Å². The second kappa shape index (κ2) is 9.21. The van der Waals surface area contributed by atoms with Crippen LogP contribution in [0.5, 0.6) is 11.5 Å². The molecule has 0 spiro atoms. The van der Waals surface area contributed by atoms with Gasteiger partial charge in [0, 0.05) is 26.2 Å². The minimum Gasteiger partial charge on any atom is -0.495 e. The van der Waals surface area contributed by atoms with E-state index in [0.717, 1.165) is 41.4 Å². The van der Waals surface area contributed by atoms with Crippen LogP contribution >= 0.6 is 0 Å². The van der Waals surface area contributed by atoms with Gasteiger partial charge in [-0.15, -0.1) is 0 Å². The predicted molar refractivity (Wildman–Crippen MR) is 117 cm³/mol.